The Bertz CT molecular complexity index is 819. The number of piperidine rings is 1. The van der Waals surface area contributed by atoms with Crippen LogP contribution in [-0.4, -0.2) is 52.5 Å². The fraction of sp³-hybridized carbons (Fsp3) is 0.619. The lowest BCUT2D eigenvalue weighted by molar-refractivity contribution is -0.000962. The fourth-order valence-electron chi connectivity index (χ4n) is 4.37. The van der Waals surface area contributed by atoms with Crippen LogP contribution in [0.5, 0.6) is 5.75 Å². The van der Waals surface area contributed by atoms with E-state index < -0.39 is 5.60 Å². The van der Waals surface area contributed by atoms with Gasteiger partial charge in [-0.25, -0.2) is 4.79 Å². The number of ether oxygens (including phenoxy) is 2. The number of rotatable bonds is 2. The number of likely N-dealkylation sites (tertiary alicyclic amines) is 1. The van der Waals surface area contributed by atoms with Crippen LogP contribution in [0.2, 0.25) is 0 Å². The summed E-state index contributed by atoms with van der Waals surface area (Å²) < 4.78 is 11.2. The summed E-state index contributed by atoms with van der Waals surface area (Å²) >= 11 is 5.57. The summed E-state index contributed by atoms with van der Waals surface area (Å²) in [5, 5.41) is 7.24. The van der Waals surface area contributed by atoms with Crippen LogP contribution in [0.4, 0.5) is 10.5 Å². The maximum Gasteiger partial charge on any atom is 0.410 e. The Kier molecular flexibility index (Phi) is 5.11. The number of carbonyl (C=O) groups excluding carboxylic acids is 1. The van der Waals surface area contributed by atoms with Gasteiger partial charge < -0.3 is 30.7 Å². The molecule has 2 atom stereocenters. The molecule has 0 aromatic heterocycles. The smallest absolute Gasteiger partial charge is 0.410 e. The first kappa shape index (κ1) is 20.2. The van der Waals surface area contributed by atoms with Crippen LogP contribution in [0.3, 0.4) is 0 Å². The van der Waals surface area contributed by atoms with Gasteiger partial charge >= 0.3 is 6.09 Å². The van der Waals surface area contributed by atoms with Gasteiger partial charge in [0.15, 0.2) is 5.11 Å². The molecule has 0 bridgehead atoms. The Morgan fingerprint density at radius 2 is 2.14 bits per heavy atom. The minimum Gasteiger partial charge on any atom is -0.493 e. The van der Waals surface area contributed by atoms with Gasteiger partial charge in [-0.05, 0) is 64.4 Å². The number of hydrogen-bond acceptors (Lipinski definition) is 5. The molecule has 7 nitrogen and oxygen atoms in total. The van der Waals surface area contributed by atoms with Crippen molar-refractivity contribution < 1.29 is 14.3 Å². The van der Waals surface area contributed by atoms with E-state index in [1.54, 1.807) is 0 Å². The predicted octanol–water partition coefficient (Wildman–Crippen LogP) is 2.78. The van der Waals surface area contributed by atoms with Crippen molar-refractivity contribution in [3.63, 3.8) is 0 Å². The van der Waals surface area contributed by atoms with Gasteiger partial charge in [0.05, 0.1) is 12.1 Å². The number of fused-ring (bicyclic) bond motifs is 1. The molecular formula is C21H30N4O3S. The van der Waals surface area contributed by atoms with Gasteiger partial charge in [0.2, 0.25) is 0 Å². The van der Waals surface area contributed by atoms with Crippen molar-refractivity contribution in [2.24, 2.45) is 5.73 Å². The van der Waals surface area contributed by atoms with E-state index in [0.717, 1.165) is 42.7 Å². The molecular weight excluding hydrogens is 388 g/mol. The Balaban J connectivity index is 1.39. The Labute approximate surface area is 177 Å². The van der Waals surface area contributed by atoms with Crippen molar-refractivity contribution in [2.75, 3.05) is 18.5 Å². The molecule has 2 fully saturated rings. The summed E-state index contributed by atoms with van der Waals surface area (Å²) in [4.78, 5) is 14.5. The zero-order chi connectivity index (χ0) is 20.8. The summed E-state index contributed by atoms with van der Waals surface area (Å²) in [6.07, 6.45) is 3.12. The van der Waals surface area contributed by atoms with E-state index >= 15 is 0 Å². The molecule has 29 heavy (non-hydrogen) atoms. The SMILES string of the molecule is CC(C)(C)OC(=O)N1CC[C@H](NC(=S)Nc2cccc3c2CCO3)[C@H](N)C12CC2. The largest absolute Gasteiger partial charge is 0.493 e. The van der Waals surface area contributed by atoms with Gasteiger partial charge in [0.1, 0.15) is 11.4 Å². The summed E-state index contributed by atoms with van der Waals surface area (Å²) in [6, 6.07) is 5.75. The molecule has 4 N–H and O–H groups in total. The van der Waals surface area contributed by atoms with Crippen LogP contribution in [0.1, 0.15) is 45.6 Å². The monoisotopic (exact) mass is 418 g/mol. The molecule has 1 saturated heterocycles. The van der Waals surface area contributed by atoms with E-state index in [-0.39, 0.29) is 23.7 Å². The average molecular weight is 419 g/mol. The number of anilines is 1. The van der Waals surface area contributed by atoms with Crippen LogP contribution >= 0.6 is 12.2 Å². The van der Waals surface area contributed by atoms with Gasteiger partial charge in [-0.2, -0.15) is 0 Å². The van der Waals surface area contributed by atoms with Crippen molar-refractivity contribution in [3.8, 4) is 5.75 Å². The number of thiocarbonyl (C=S) groups is 1. The third-order valence-electron chi connectivity index (χ3n) is 5.94. The number of nitrogens with zero attached hydrogens (tertiary/aromatic N) is 1. The highest BCUT2D eigenvalue weighted by molar-refractivity contribution is 7.80. The quantitative estimate of drug-likeness (QED) is 0.637. The van der Waals surface area contributed by atoms with Crippen LogP contribution < -0.4 is 21.1 Å². The van der Waals surface area contributed by atoms with Gasteiger partial charge in [-0.1, -0.05) is 6.07 Å². The van der Waals surface area contributed by atoms with E-state index in [4.69, 9.17) is 27.4 Å². The second kappa shape index (κ2) is 7.32. The molecule has 1 spiro atoms. The van der Waals surface area contributed by atoms with Crippen molar-refractivity contribution >= 4 is 29.1 Å². The van der Waals surface area contributed by atoms with E-state index in [0.29, 0.717) is 18.3 Å². The molecule has 2 heterocycles. The number of benzene rings is 1. The molecule has 4 rings (SSSR count). The zero-order valence-electron chi connectivity index (χ0n) is 17.3. The number of nitrogens with one attached hydrogen (secondary N) is 2. The topological polar surface area (TPSA) is 88.8 Å². The fourth-order valence-corrected chi connectivity index (χ4v) is 4.64. The van der Waals surface area contributed by atoms with E-state index in [2.05, 4.69) is 10.6 Å². The first-order valence-electron chi connectivity index (χ1n) is 10.3. The second-order valence-electron chi connectivity index (χ2n) is 9.14. The molecule has 1 aliphatic carbocycles. The second-order valence-corrected chi connectivity index (χ2v) is 9.54. The summed E-state index contributed by atoms with van der Waals surface area (Å²) in [7, 11) is 0. The Morgan fingerprint density at radius 1 is 1.38 bits per heavy atom. The van der Waals surface area contributed by atoms with Crippen LogP contribution in [0, 0.1) is 0 Å². The van der Waals surface area contributed by atoms with Gasteiger partial charge in [-0.15, -0.1) is 0 Å². The molecule has 1 aromatic carbocycles. The van der Waals surface area contributed by atoms with Crippen molar-refractivity contribution in [2.45, 2.75) is 69.7 Å². The van der Waals surface area contributed by atoms with E-state index in [9.17, 15) is 4.79 Å². The van der Waals surface area contributed by atoms with Crippen LogP contribution in [-0.2, 0) is 11.2 Å². The van der Waals surface area contributed by atoms with Crippen molar-refractivity contribution in [3.05, 3.63) is 23.8 Å². The normalized spacial score (nSPS) is 24.5. The molecule has 158 valence electrons. The van der Waals surface area contributed by atoms with E-state index in [1.807, 2.05) is 43.9 Å². The third-order valence-corrected chi connectivity index (χ3v) is 6.16. The first-order valence-corrected chi connectivity index (χ1v) is 10.7. The lowest BCUT2D eigenvalue weighted by Gasteiger charge is -2.45. The van der Waals surface area contributed by atoms with Crippen molar-refractivity contribution in [1.82, 2.24) is 10.2 Å². The number of amides is 1. The van der Waals surface area contributed by atoms with Gasteiger partial charge in [-0.3, -0.25) is 0 Å². The Morgan fingerprint density at radius 3 is 2.83 bits per heavy atom. The molecule has 1 aromatic rings. The third kappa shape index (κ3) is 4.00. The zero-order valence-corrected chi connectivity index (χ0v) is 18.1. The molecule has 1 amide bonds. The van der Waals surface area contributed by atoms with Crippen LogP contribution in [0.25, 0.3) is 0 Å². The standard InChI is InChI=1S/C21H30N4O3S/c1-20(2,3)28-19(26)25-11-7-15(17(22)21(25)9-10-21)24-18(29)23-14-5-4-6-16-13(14)8-12-27-16/h4-6,15,17H,7-12,22H2,1-3H3,(H2,23,24,29)/t15-,17-/m0/s1. The summed E-state index contributed by atoms with van der Waals surface area (Å²) in [5.74, 6) is 0.914. The summed E-state index contributed by atoms with van der Waals surface area (Å²) in [6.45, 7) is 6.96. The van der Waals surface area contributed by atoms with Gasteiger partial charge in [0, 0.05) is 36.3 Å². The maximum absolute atomic E-state index is 12.7. The lowest BCUT2D eigenvalue weighted by Crippen LogP contribution is -2.66. The number of hydrogen-bond donors (Lipinski definition) is 3. The highest BCUT2D eigenvalue weighted by Gasteiger charge is 2.59. The van der Waals surface area contributed by atoms with E-state index in [1.165, 1.54) is 0 Å². The molecule has 0 unspecified atom stereocenters. The highest BCUT2D eigenvalue weighted by Crippen LogP contribution is 2.48. The Hall–Kier alpha value is -2.06. The molecule has 1 saturated carbocycles. The first-order chi connectivity index (χ1) is 13.7. The summed E-state index contributed by atoms with van der Waals surface area (Å²) in [5.41, 5.74) is 7.91. The minimum absolute atomic E-state index is 0.00389. The number of nitrogens with two attached hydrogens (primary N) is 1. The lowest BCUT2D eigenvalue weighted by atomic mass is 9.90. The van der Waals surface area contributed by atoms with Crippen molar-refractivity contribution in [1.29, 1.82) is 0 Å². The average Bonchev–Trinajstić information content (AvgIpc) is 3.25. The highest BCUT2D eigenvalue weighted by atomic mass is 32.1. The maximum atomic E-state index is 12.7. The molecule has 8 heteroatoms. The number of carbonyl (C=O) groups is 1. The van der Waals surface area contributed by atoms with Crippen LogP contribution in [0.15, 0.2) is 18.2 Å². The predicted molar refractivity (Wildman–Crippen MR) is 116 cm³/mol. The molecule has 2 aliphatic heterocycles. The molecule has 3 aliphatic rings. The molecule has 0 radical (unpaired) electrons. The van der Waals surface area contributed by atoms with Gasteiger partial charge in [0.25, 0.3) is 0 Å². The minimum atomic E-state index is -0.516.